The molecule has 1 aromatic heterocycles. The number of nitrogens with zero attached hydrogens (tertiary/aromatic N) is 2. The lowest BCUT2D eigenvalue weighted by molar-refractivity contribution is 0.199. The minimum Gasteiger partial charge on any atom is -0.315 e. The van der Waals surface area contributed by atoms with E-state index < -0.39 is 0 Å². The van der Waals surface area contributed by atoms with Gasteiger partial charge in [0.2, 0.25) is 0 Å². The molecule has 0 bridgehead atoms. The molecule has 1 saturated heterocycles. The summed E-state index contributed by atoms with van der Waals surface area (Å²) in [5, 5.41) is 4.74. The molecular weight excluding hydrogens is 254 g/mol. The minimum atomic E-state index is 0.223. The Morgan fingerprint density at radius 3 is 2.79 bits per heavy atom. The van der Waals surface area contributed by atoms with Gasteiger partial charge in [-0.3, -0.25) is 4.90 Å². The molecule has 1 fully saturated rings. The quantitative estimate of drug-likeness (QED) is 0.899. The molecule has 1 aliphatic heterocycles. The molecule has 0 aromatic carbocycles. The highest BCUT2D eigenvalue weighted by Crippen LogP contribution is 2.28. The molecular formula is C15H27N3S. The zero-order valence-electron chi connectivity index (χ0n) is 12.7. The van der Waals surface area contributed by atoms with E-state index in [-0.39, 0.29) is 5.41 Å². The Balaban J connectivity index is 2.02. The number of thiazole rings is 1. The minimum absolute atomic E-state index is 0.223. The van der Waals surface area contributed by atoms with Crippen LogP contribution in [0, 0.1) is 0 Å². The zero-order chi connectivity index (χ0) is 13.9. The van der Waals surface area contributed by atoms with Crippen LogP contribution in [-0.2, 0) is 12.0 Å². The number of rotatable bonds is 5. The molecule has 0 saturated carbocycles. The largest absolute Gasteiger partial charge is 0.315 e. The molecule has 1 aromatic rings. The Morgan fingerprint density at radius 2 is 2.26 bits per heavy atom. The fourth-order valence-corrected chi connectivity index (χ4v) is 3.53. The van der Waals surface area contributed by atoms with E-state index in [1.54, 1.807) is 0 Å². The molecule has 1 aliphatic rings. The van der Waals surface area contributed by atoms with Crippen LogP contribution in [0.25, 0.3) is 0 Å². The molecule has 0 amide bonds. The van der Waals surface area contributed by atoms with Crippen LogP contribution in [0.1, 0.15) is 50.4 Å². The van der Waals surface area contributed by atoms with Crippen molar-refractivity contribution in [2.45, 2.75) is 58.5 Å². The van der Waals surface area contributed by atoms with Gasteiger partial charge >= 0.3 is 0 Å². The van der Waals surface area contributed by atoms with Crippen molar-refractivity contribution in [1.82, 2.24) is 15.2 Å². The Bertz CT molecular complexity index is 388. The van der Waals surface area contributed by atoms with Crippen LogP contribution in [0.3, 0.4) is 0 Å². The average Bonchev–Trinajstić information content (AvgIpc) is 2.98. The van der Waals surface area contributed by atoms with E-state index in [0.717, 1.165) is 19.6 Å². The predicted octanol–water partition coefficient (Wildman–Crippen LogP) is 3.01. The van der Waals surface area contributed by atoms with Crippen LogP contribution < -0.4 is 5.32 Å². The van der Waals surface area contributed by atoms with Crippen LogP contribution in [-0.4, -0.2) is 35.6 Å². The molecule has 0 radical (unpaired) electrons. The second-order valence-electron chi connectivity index (χ2n) is 6.49. The Morgan fingerprint density at radius 1 is 1.47 bits per heavy atom. The van der Waals surface area contributed by atoms with Gasteiger partial charge in [-0.05, 0) is 31.3 Å². The standard InChI is InChI=1S/C15H27N3S/c1-5-8-18(12-6-7-16-9-12)11-14-17-10-13(19-14)15(2,3)4/h10,12,16H,5-9,11H2,1-4H3. The SMILES string of the molecule is CCCN(Cc1ncc(C(C)(C)C)s1)C1CCNC1. The molecule has 0 aliphatic carbocycles. The first kappa shape index (κ1) is 14.9. The molecule has 0 spiro atoms. The van der Waals surface area contributed by atoms with Crippen LogP contribution in [0.2, 0.25) is 0 Å². The van der Waals surface area contributed by atoms with Crippen LogP contribution >= 0.6 is 11.3 Å². The normalized spacial score (nSPS) is 20.4. The highest BCUT2D eigenvalue weighted by Gasteiger charge is 2.23. The van der Waals surface area contributed by atoms with Gasteiger partial charge in [0.25, 0.3) is 0 Å². The number of hydrogen-bond donors (Lipinski definition) is 1. The van der Waals surface area contributed by atoms with Crippen molar-refractivity contribution in [2.75, 3.05) is 19.6 Å². The molecule has 1 atom stereocenters. The second-order valence-corrected chi connectivity index (χ2v) is 7.60. The van der Waals surface area contributed by atoms with Crippen molar-refractivity contribution in [3.8, 4) is 0 Å². The summed E-state index contributed by atoms with van der Waals surface area (Å²) < 4.78 is 0. The van der Waals surface area contributed by atoms with Gasteiger partial charge in [-0.1, -0.05) is 27.7 Å². The van der Waals surface area contributed by atoms with Crippen molar-refractivity contribution >= 4 is 11.3 Å². The Hall–Kier alpha value is -0.450. The highest BCUT2D eigenvalue weighted by molar-refractivity contribution is 7.11. The van der Waals surface area contributed by atoms with Gasteiger partial charge in [-0.25, -0.2) is 4.98 Å². The second kappa shape index (κ2) is 6.33. The molecule has 19 heavy (non-hydrogen) atoms. The molecule has 2 heterocycles. The number of nitrogens with one attached hydrogen (secondary N) is 1. The van der Waals surface area contributed by atoms with E-state index in [9.17, 15) is 0 Å². The molecule has 108 valence electrons. The topological polar surface area (TPSA) is 28.2 Å². The van der Waals surface area contributed by atoms with Crippen molar-refractivity contribution in [3.05, 3.63) is 16.1 Å². The summed E-state index contributed by atoms with van der Waals surface area (Å²) in [5.74, 6) is 0. The zero-order valence-corrected chi connectivity index (χ0v) is 13.5. The highest BCUT2D eigenvalue weighted by atomic mass is 32.1. The lowest BCUT2D eigenvalue weighted by atomic mass is 9.96. The van der Waals surface area contributed by atoms with E-state index >= 15 is 0 Å². The molecule has 1 N–H and O–H groups in total. The molecule has 3 nitrogen and oxygen atoms in total. The van der Waals surface area contributed by atoms with Gasteiger partial charge in [-0.2, -0.15) is 0 Å². The third-order valence-electron chi connectivity index (χ3n) is 3.69. The van der Waals surface area contributed by atoms with Gasteiger partial charge in [0.1, 0.15) is 5.01 Å². The maximum Gasteiger partial charge on any atom is 0.107 e. The van der Waals surface area contributed by atoms with E-state index in [2.05, 4.69) is 49.1 Å². The van der Waals surface area contributed by atoms with E-state index in [1.807, 2.05) is 11.3 Å². The summed E-state index contributed by atoms with van der Waals surface area (Å²) in [6, 6.07) is 0.696. The third-order valence-corrected chi connectivity index (χ3v) is 5.10. The molecule has 4 heteroatoms. The summed E-state index contributed by atoms with van der Waals surface area (Å²) in [5.41, 5.74) is 0.223. The van der Waals surface area contributed by atoms with Gasteiger partial charge in [0.05, 0.1) is 6.54 Å². The summed E-state index contributed by atoms with van der Waals surface area (Å²) in [7, 11) is 0. The van der Waals surface area contributed by atoms with Crippen molar-refractivity contribution in [1.29, 1.82) is 0 Å². The lowest BCUT2D eigenvalue weighted by Crippen LogP contribution is -2.36. The Kier molecular flexibility index (Phi) is 4.98. The molecule has 1 unspecified atom stereocenters. The smallest absolute Gasteiger partial charge is 0.107 e. The fourth-order valence-electron chi connectivity index (χ4n) is 2.53. The average molecular weight is 281 g/mol. The maximum absolute atomic E-state index is 4.63. The van der Waals surface area contributed by atoms with E-state index in [0.29, 0.717) is 6.04 Å². The Labute approximate surface area is 121 Å². The first-order chi connectivity index (χ1) is 9.00. The fraction of sp³-hybridized carbons (Fsp3) is 0.800. The van der Waals surface area contributed by atoms with E-state index in [1.165, 1.54) is 29.3 Å². The van der Waals surface area contributed by atoms with Crippen LogP contribution in [0.4, 0.5) is 0 Å². The van der Waals surface area contributed by atoms with Crippen LogP contribution in [0.5, 0.6) is 0 Å². The summed E-state index contributed by atoms with van der Waals surface area (Å²) in [4.78, 5) is 8.63. The number of aromatic nitrogens is 1. The lowest BCUT2D eigenvalue weighted by Gasteiger charge is -2.26. The van der Waals surface area contributed by atoms with Crippen LogP contribution in [0.15, 0.2) is 6.20 Å². The molecule has 2 rings (SSSR count). The van der Waals surface area contributed by atoms with Crippen molar-refractivity contribution in [2.24, 2.45) is 0 Å². The van der Waals surface area contributed by atoms with Gasteiger partial charge in [0, 0.05) is 23.7 Å². The van der Waals surface area contributed by atoms with Crippen molar-refractivity contribution in [3.63, 3.8) is 0 Å². The van der Waals surface area contributed by atoms with Gasteiger partial charge < -0.3 is 5.32 Å². The first-order valence-corrected chi connectivity index (χ1v) is 8.22. The maximum atomic E-state index is 4.63. The van der Waals surface area contributed by atoms with Gasteiger partial charge in [0.15, 0.2) is 0 Å². The summed E-state index contributed by atoms with van der Waals surface area (Å²) in [6.07, 6.45) is 4.56. The summed E-state index contributed by atoms with van der Waals surface area (Å²) >= 11 is 1.88. The third kappa shape index (κ3) is 4.01. The van der Waals surface area contributed by atoms with Gasteiger partial charge in [-0.15, -0.1) is 11.3 Å². The first-order valence-electron chi connectivity index (χ1n) is 7.40. The summed E-state index contributed by atoms with van der Waals surface area (Å²) in [6.45, 7) is 13.5. The number of hydrogen-bond acceptors (Lipinski definition) is 4. The predicted molar refractivity (Wildman–Crippen MR) is 82.8 cm³/mol. The monoisotopic (exact) mass is 281 g/mol. The van der Waals surface area contributed by atoms with Crippen molar-refractivity contribution < 1.29 is 0 Å². The van der Waals surface area contributed by atoms with E-state index in [4.69, 9.17) is 0 Å².